The third-order valence-corrected chi connectivity index (χ3v) is 2.59. The highest BCUT2D eigenvalue weighted by Gasteiger charge is 2.08. The smallest absolute Gasteiger partial charge is 0.170 e. The molecule has 2 N–H and O–H groups in total. The van der Waals surface area contributed by atoms with E-state index in [1.54, 1.807) is 18.8 Å². The van der Waals surface area contributed by atoms with Crippen LogP contribution in [0.1, 0.15) is 0 Å². The summed E-state index contributed by atoms with van der Waals surface area (Å²) in [7, 11) is -2.52. The van der Waals surface area contributed by atoms with Crippen molar-refractivity contribution in [2.45, 2.75) is 0 Å². The lowest BCUT2D eigenvalue weighted by Gasteiger charge is -2.04. The zero-order chi connectivity index (χ0) is 7.61. The molecule has 3 heteroatoms. The van der Waals surface area contributed by atoms with E-state index in [-0.39, 0.29) is 0 Å². The summed E-state index contributed by atoms with van der Waals surface area (Å²) in [6.45, 7) is 1.56. The third kappa shape index (κ3) is 1.69. The second-order valence-corrected chi connectivity index (χ2v) is 4.82. The maximum Gasteiger partial charge on any atom is 0.170 e. The van der Waals surface area contributed by atoms with Gasteiger partial charge in [-0.1, -0.05) is 30.3 Å². The first-order valence-electron chi connectivity index (χ1n) is 3.02. The molecule has 0 spiro atoms. The fourth-order valence-electron chi connectivity index (χ4n) is 0.724. The van der Waals surface area contributed by atoms with Crippen molar-refractivity contribution in [1.29, 1.82) is 0 Å². The van der Waals surface area contributed by atoms with Crippen LogP contribution in [0.3, 0.4) is 0 Å². The molecule has 0 fully saturated rings. The van der Waals surface area contributed by atoms with Gasteiger partial charge in [0.25, 0.3) is 0 Å². The average molecular weight is 155 g/mol. The number of hydrogen-bond acceptors (Lipinski definition) is 1. The molecule has 0 amide bonds. The van der Waals surface area contributed by atoms with Crippen molar-refractivity contribution in [3.05, 3.63) is 30.3 Å². The first-order valence-corrected chi connectivity index (χ1v) is 5.25. The van der Waals surface area contributed by atoms with E-state index in [0.717, 1.165) is 5.30 Å². The molecule has 54 valence electrons. The number of nitrogens with two attached hydrogens (primary N) is 1. The van der Waals surface area contributed by atoms with Crippen molar-refractivity contribution in [3.63, 3.8) is 0 Å². The minimum Gasteiger partial charge on any atom is -0.302 e. The molecule has 0 heterocycles. The van der Waals surface area contributed by atoms with Crippen LogP contribution < -0.4 is 10.8 Å². The summed E-state index contributed by atoms with van der Waals surface area (Å²) >= 11 is 0. The Bertz CT molecular complexity index is 252. The predicted octanol–water partition coefficient (Wildman–Crippen LogP) is 1.18. The molecule has 0 radical (unpaired) electrons. The lowest BCUT2D eigenvalue weighted by Crippen LogP contribution is -2.08. The van der Waals surface area contributed by atoms with E-state index < -0.39 is 7.29 Å². The standard InChI is InChI=1S/C7H10NOP/c1-10(8,9)7-5-3-2-4-6-7/h2-6H,1H3,(H2,8,9)/t10-/m0/s1. The molecule has 0 aliphatic rings. The third-order valence-electron chi connectivity index (χ3n) is 1.27. The van der Waals surface area contributed by atoms with Gasteiger partial charge in [-0.3, -0.25) is 5.50 Å². The molecule has 0 aliphatic carbocycles. The Morgan fingerprint density at radius 3 is 2.10 bits per heavy atom. The van der Waals surface area contributed by atoms with Gasteiger partial charge in [-0.05, 0) is 0 Å². The Kier molecular flexibility index (Phi) is 1.93. The summed E-state index contributed by atoms with van der Waals surface area (Å²) < 4.78 is 11.2. The van der Waals surface area contributed by atoms with E-state index >= 15 is 0 Å². The largest absolute Gasteiger partial charge is 0.302 e. The second-order valence-electron chi connectivity index (χ2n) is 2.33. The quantitative estimate of drug-likeness (QED) is 0.619. The fourth-order valence-corrected chi connectivity index (χ4v) is 1.49. The monoisotopic (exact) mass is 155 g/mol. The zero-order valence-electron chi connectivity index (χ0n) is 5.82. The molecule has 1 rings (SSSR count). The van der Waals surface area contributed by atoms with Crippen LogP contribution in [-0.2, 0) is 4.57 Å². The number of hydrogen-bond donors (Lipinski definition) is 1. The molecule has 0 bridgehead atoms. The van der Waals surface area contributed by atoms with Crippen molar-refractivity contribution in [2.75, 3.05) is 6.66 Å². The van der Waals surface area contributed by atoms with Gasteiger partial charge < -0.3 is 4.57 Å². The molecule has 0 saturated heterocycles. The molecule has 10 heavy (non-hydrogen) atoms. The highest BCUT2D eigenvalue weighted by Crippen LogP contribution is 2.28. The van der Waals surface area contributed by atoms with Crippen molar-refractivity contribution in [2.24, 2.45) is 5.50 Å². The molecule has 0 unspecified atom stereocenters. The molecule has 1 aromatic rings. The van der Waals surface area contributed by atoms with Crippen LogP contribution in [0.5, 0.6) is 0 Å². The van der Waals surface area contributed by atoms with Crippen LogP contribution in [0.4, 0.5) is 0 Å². The Balaban J connectivity index is 3.09. The lowest BCUT2D eigenvalue weighted by molar-refractivity contribution is 0.586. The average Bonchev–Trinajstić information content (AvgIpc) is 1.88. The molecular weight excluding hydrogens is 145 g/mol. The molecule has 1 atom stereocenters. The van der Waals surface area contributed by atoms with Crippen LogP contribution in [0.25, 0.3) is 0 Å². The van der Waals surface area contributed by atoms with Crippen molar-refractivity contribution >= 4 is 12.6 Å². The number of rotatable bonds is 1. The van der Waals surface area contributed by atoms with Crippen LogP contribution in [0.2, 0.25) is 0 Å². The van der Waals surface area contributed by atoms with Crippen LogP contribution in [-0.4, -0.2) is 6.66 Å². The highest BCUT2D eigenvalue weighted by atomic mass is 31.2. The molecule has 0 aliphatic heterocycles. The molecule has 2 nitrogen and oxygen atoms in total. The lowest BCUT2D eigenvalue weighted by atomic mass is 10.4. The highest BCUT2D eigenvalue weighted by molar-refractivity contribution is 7.68. The normalized spacial score (nSPS) is 16.2. The topological polar surface area (TPSA) is 43.1 Å². The summed E-state index contributed by atoms with van der Waals surface area (Å²) in [5, 5.41) is 0.731. The Hall–Kier alpha value is -0.590. The van der Waals surface area contributed by atoms with E-state index in [0.29, 0.717) is 0 Å². The fraction of sp³-hybridized carbons (Fsp3) is 0.143. The van der Waals surface area contributed by atoms with E-state index in [1.165, 1.54) is 0 Å². The first-order chi connectivity index (χ1) is 4.61. The molecule has 0 saturated carbocycles. The van der Waals surface area contributed by atoms with E-state index in [1.807, 2.05) is 18.2 Å². The van der Waals surface area contributed by atoms with Gasteiger partial charge in [0.05, 0.1) is 0 Å². The van der Waals surface area contributed by atoms with E-state index in [4.69, 9.17) is 5.50 Å². The Labute approximate surface area is 60.5 Å². The van der Waals surface area contributed by atoms with Gasteiger partial charge in [-0.2, -0.15) is 0 Å². The second kappa shape index (κ2) is 2.57. The SMILES string of the molecule is C[P@](N)(=O)c1ccccc1. The number of benzene rings is 1. The van der Waals surface area contributed by atoms with Crippen molar-refractivity contribution in [3.8, 4) is 0 Å². The molecule has 0 aromatic heterocycles. The summed E-state index contributed by atoms with van der Waals surface area (Å²) in [6.07, 6.45) is 0. The summed E-state index contributed by atoms with van der Waals surface area (Å²) in [5.41, 5.74) is 5.41. The Morgan fingerprint density at radius 2 is 1.80 bits per heavy atom. The minimum atomic E-state index is -2.52. The molecule has 1 aromatic carbocycles. The maximum absolute atomic E-state index is 11.2. The van der Waals surface area contributed by atoms with E-state index in [9.17, 15) is 4.57 Å². The van der Waals surface area contributed by atoms with Gasteiger partial charge in [0, 0.05) is 12.0 Å². The molecular formula is C7H10NOP. The van der Waals surface area contributed by atoms with Crippen LogP contribution >= 0.6 is 7.29 Å². The van der Waals surface area contributed by atoms with Crippen LogP contribution in [0, 0.1) is 0 Å². The van der Waals surface area contributed by atoms with Gasteiger partial charge in [0.2, 0.25) is 0 Å². The van der Waals surface area contributed by atoms with Gasteiger partial charge in [-0.15, -0.1) is 0 Å². The zero-order valence-corrected chi connectivity index (χ0v) is 6.71. The van der Waals surface area contributed by atoms with E-state index in [2.05, 4.69) is 0 Å². The van der Waals surface area contributed by atoms with Crippen LogP contribution in [0.15, 0.2) is 30.3 Å². The summed E-state index contributed by atoms with van der Waals surface area (Å²) in [4.78, 5) is 0. The summed E-state index contributed by atoms with van der Waals surface area (Å²) in [5.74, 6) is 0. The van der Waals surface area contributed by atoms with Gasteiger partial charge >= 0.3 is 0 Å². The first kappa shape index (κ1) is 7.52. The Morgan fingerprint density at radius 1 is 1.30 bits per heavy atom. The van der Waals surface area contributed by atoms with Gasteiger partial charge in [-0.25, -0.2) is 0 Å². The predicted molar refractivity (Wildman–Crippen MR) is 43.8 cm³/mol. The van der Waals surface area contributed by atoms with Gasteiger partial charge in [0.1, 0.15) is 0 Å². The van der Waals surface area contributed by atoms with Crippen molar-refractivity contribution in [1.82, 2.24) is 0 Å². The van der Waals surface area contributed by atoms with Crippen molar-refractivity contribution < 1.29 is 4.57 Å². The minimum absolute atomic E-state index is 0.731. The van der Waals surface area contributed by atoms with Gasteiger partial charge in [0.15, 0.2) is 7.29 Å². The maximum atomic E-state index is 11.2. The summed E-state index contributed by atoms with van der Waals surface area (Å²) in [6, 6.07) is 9.09.